The number of amides is 2. The summed E-state index contributed by atoms with van der Waals surface area (Å²) in [7, 11) is 0. The zero-order chi connectivity index (χ0) is 13.1. The van der Waals surface area contributed by atoms with E-state index >= 15 is 0 Å². The van der Waals surface area contributed by atoms with Gasteiger partial charge in [-0.1, -0.05) is 0 Å². The van der Waals surface area contributed by atoms with Crippen molar-refractivity contribution in [1.82, 2.24) is 5.43 Å². The van der Waals surface area contributed by atoms with Gasteiger partial charge in [0.1, 0.15) is 0 Å². The normalized spacial score (nSPS) is 19.1. The summed E-state index contributed by atoms with van der Waals surface area (Å²) in [6.45, 7) is 0.521. The second kappa shape index (κ2) is 5.16. The number of anilines is 1. The van der Waals surface area contributed by atoms with E-state index in [-0.39, 0.29) is 24.3 Å². The highest BCUT2D eigenvalue weighted by molar-refractivity contribution is 5.97. The fourth-order valence-corrected chi connectivity index (χ4v) is 2.03. The number of aliphatic hydroxyl groups is 1. The molecule has 1 aromatic carbocycles. The predicted molar refractivity (Wildman–Crippen MR) is 65.6 cm³/mol. The molecule has 1 atom stereocenters. The molecule has 1 saturated heterocycles. The summed E-state index contributed by atoms with van der Waals surface area (Å²) in [5.41, 5.74) is 3.21. The Morgan fingerprint density at radius 2 is 2.11 bits per heavy atom. The van der Waals surface area contributed by atoms with Gasteiger partial charge in [-0.15, -0.1) is 0 Å². The predicted octanol–water partition coefficient (Wildman–Crippen LogP) is -0.365. The second-order valence-electron chi connectivity index (χ2n) is 4.28. The van der Waals surface area contributed by atoms with Gasteiger partial charge in [-0.05, 0) is 24.3 Å². The monoisotopic (exact) mass is 249 g/mol. The van der Waals surface area contributed by atoms with Gasteiger partial charge in [0, 0.05) is 36.7 Å². The molecule has 1 aliphatic heterocycles. The van der Waals surface area contributed by atoms with Crippen LogP contribution in [0, 0.1) is 5.92 Å². The Kier molecular flexibility index (Phi) is 3.59. The summed E-state index contributed by atoms with van der Waals surface area (Å²) >= 11 is 0. The lowest BCUT2D eigenvalue weighted by atomic mass is 10.1. The highest BCUT2D eigenvalue weighted by Gasteiger charge is 2.29. The largest absolute Gasteiger partial charge is 0.396 e. The molecule has 1 aliphatic rings. The van der Waals surface area contributed by atoms with Crippen LogP contribution in [0.2, 0.25) is 0 Å². The fourth-order valence-electron chi connectivity index (χ4n) is 2.03. The molecule has 18 heavy (non-hydrogen) atoms. The lowest BCUT2D eigenvalue weighted by Crippen LogP contribution is -2.30. The summed E-state index contributed by atoms with van der Waals surface area (Å²) in [5.74, 6) is 4.64. The van der Waals surface area contributed by atoms with Gasteiger partial charge in [-0.3, -0.25) is 15.0 Å². The lowest BCUT2D eigenvalue weighted by molar-refractivity contribution is -0.117. The summed E-state index contributed by atoms with van der Waals surface area (Å²) in [6, 6.07) is 6.61. The molecule has 96 valence electrons. The van der Waals surface area contributed by atoms with Gasteiger partial charge in [-0.2, -0.15) is 0 Å². The van der Waals surface area contributed by atoms with E-state index in [1.165, 1.54) is 0 Å². The van der Waals surface area contributed by atoms with Crippen molar-refractivity contribution in [3.05, 3.63) is 29.8 Å². The summed E-state index contributed by atoms with van der Waals surface area (Å²) in [4.78, 5) is 24.6. The average Bonchev–Trinajstić information content (AvgIpc) is 2.79. The van der Waals surface area contributed by atoms with Crippen LogP contribution in [0.4, 0.5) is 5.69 Å². The zero-order valence-corrected chi connectivity index (χ0v) is 9.80. The van der Waals surface area contributed by atoms with Crippen LogP contribution in [0.3, 0.4) is 0 Å². The number of hydrogen-bond acceptors (Lipinski definition) is 4. The Hall–Kier alpha value is -1.92. The third kappa shape index (κ3) is 2.34. The van der Waals surface area contributed by atoms with Crippen LogP contribution in [0.1, 0.15) is 16.8 Å². The van der Waals surface area contributed by atoms with E-state index in [2.05, 4.69) is 0 Å². The van der Waals surface area contributed by atoms with Gasteiger partial charge in [0.25, 0.3) is 5.91 Å². The Balaban J connectivity index is 2.15. The maximum atomic E-state index is 11.7. The molecule has 6 nitrogen and oxygen atoms in total. The topological polar surface area (TPSA) is 95.7 Å². The molecule has 0 radical (unpaired) electrons. The summed E-state index contributed by atoms with van der Waals surface area (Å²) in [6.07, 6.45) is 0.363. The minimum Gasteiger partial charge on any atom is -0.396 e. The Morgan fingerprint density at radius 3 is 2.61 bits per heavy atom. The van der Waals surface area contributed by atoms with Crippen LogP contribution in [0.5, 0.6) is 0 Å². The SMILES string of the molecule is NNC(=O)c1ccc(N2CC(CO)CC2=O)cc1. The Bertz CT molecular complexity index is 458. The number of rotatable bonds is 3. The van der Waals surface area contributed by atoms with Crippen LogP contribution in [0.25, 0.3) is 0 Å². The number of nitrogens with zero attached hydrogens (tertiary/aromatic N) is 1. The van der Waals surface area contributed by atoms with E-state index in [4.69, 9.17) is 10.9 Å². The lowest BCUT2D eigenvalue weighted by Gasteiger charge is -2.16. The highest BCUT2D eigenvalue weighted by atomic mass is 16.3. The van der Waals surface area contributed by atoms with Crippen molar-refractivity contribution in [2.45, 2.75) is 6.42 Å². The third-order valence-corrected chi connectivity index (χ3v) is 3.04. The van der Waals surface area contributed by atoms with Gasteiger partial charge in [-0.25, -0.2) is 5.84 Å². The van der Waals surface area contributed by atoms with Crippen molar-refractivity contribution >= 4 is 17.5 Å². The number of nitrogens with two attached hydrogens (primary N) is 1. The number of carbonyl (C=O) groups excluding carboxylic acids is 2. The van der Waals surface area contributed by atoms with Crippen molar-refractivity contribution in [2.24, 2.45) is 11.8 Å². The quantitative estimate of drug-likeness (QED) is 0.387. The van der Waals surface area contributed by atoms with Crippen LogP contribution in [-0.2, 0) is 4.79 Å². The van der Waals surface area contributed by atoms with Gasteiger partial charge in [0.05, 0.1) is 0 Å². The molecule has 1 aromatic rings. The van der Waals surface area contributed by atoms with Crippen molar-refractivity contribution in [2.75, 3.05) is 18.1 Å². The molecular weight excluding hydrogens is 234 g/mol. The Morgan fingerprint density at radius 1 is 1.44 bits per heavy atom. The molecule has 1 fully saturated rings. The number of hydrazine groups is 1. The number of nitrogen functional groups attached to an aromatic ring is 1. The molecule has 0 spiro atoms. The number of aliphatic hydroxyl groups excluding tert-OH is 1. The van der Waals surface area contributed by atoms with Crippen molar-refractivity contribution in [3.8, 4) is 0 Å². The van der Waals surface area contributed by atoms with Gasteiger partial charge in [0.2, 0.25) is 5.91 Å². The first kappa shape index (κ1) is 12.5. The molecule has 4 N–H and O–H groups in total. The van der Waals surface area contributed by atoms with Crippen LogP contribution < -0.4 is 16.2 Å². The van der Waals surface area contributed by atoms with E-state index in [9.17, 15) is 9.59 Å². The molecule has 0 aliphatic carbocycles. The van der Waals surface area contributed by atoms with E-state index in [0.717, 1.165) is 5.69 Å². The standard InChI is InChI=1S/C12H15N3O3/c13-14-12(18)9-1-3-10(4-2-9)15-6-8(7-16)5-11(15)17/h1-4,8,16H,5-7,13H2,(H,14,18). The van der Waals surface area contributed by atoms with Gasteiger partial charge < -0.3 is 10.0 Å². The van der Waals surface area contributed by atoms with Gasteiger partial charge >= 0.3 is 0 Å². The highest BCUT2D eigenvalue weighted by Crippen LogP contribution is 2.24. The average molecular weight is 249 g/mol. The van der Waals surface area contributed by atoms with Crippen molar-refractivity contribution < 1.29 is 14.7 Å². The number of benzene rings is 1. The molecular formula is C12H15N3O3. The van der Waals surface area contributed by atoms with E-state index in [1.807, 2.05) is 5.43 Å². The van der Waals surface area contributed by atoms with Crippen LogP contribution in [0.15, 0.2) is 24.3 Å². The summed E-state index contributed by atoms with van der Waals surface area (Å²) in [5, 5.41) is 9.05. The number of carbonyl (C=O) groups is 2. The first-order chi connectivity index (χ1) is 8.65. The maximum Gasteiger partial charge on any atom is 0.265 e. The maximum absolute atomic E-state index is 11.7. The molecule has 1 unspecified atom stereocenters. The Labute approximate surface area is 104 Å². The first-order valence-electron chi connectivity index (χ1n) is 5.68. The molecule has 1 heterocycles. The minimum absolute atomic E-state index is 0.00919. The van der Waals surface area contributed by atoms with E-state index < -0.39 is 0 Å². The molecule has 0 saturated carbocycles. The fraction of sp³-hybridized carbons (Fsp3) is 0.333. The second-order valence-corrected chi connectivity index (χ2v) is 4.28. The minimum atomic E-state index is -0.373. The van der Waals surface area contributed by atoms with E-state index in [0.29, 0.717) is 18.5 Å². The van der Waals surface area contributed by atoms with Crippen LogP contribution in [-0.4, -0.2) is 30.1 Å². The molecule has 6 heteroatoms. The van der Waals surface area contributed by atoms with Crippen molar-refractivity contribution in [3.63, 3.8) is 0 Å². The third-order valence-electron chi connectivity index (χ3n) is 3.04. The number of nitrogens with one attached hydrogen (secondary N) is 1. The smallest absolute Gasteiger partial charge is 0.265 e. The number of hydrogen-bond donors (Lipinski definition) is 3. The molecule has 2 amide bonds. The molecule has 0 bridgehead atoms. The van der Waals surface area contributed by atoms with Gasteiger partial charge in [0.15, 0.2) is 0 Å². The molecule has 2 rings (SSSR count). The van der Waals surface area contributed by atoms with Crippen molar-refractivity contribution in [1.29, 1.82) is 0 Å². The molecule has 0 aromatic heterocycles. The first-order valence-corrected chi connectivity index (χ1v) is 5.68. The zero-order valence-electron chi connectivity index (χ0n) is 9.80. The van der Waals surface area contributed by atoms with E-state index in [1.54, 1.807) is 29.2 Å². The van der Waals surface area contributed by atoms with Crippen LogP contribution >= 0.6 is 0 Å². The summed E-state index contributed by atoms with van der Waals surface area (Å²) < 4.78 is 0.